The molecule has 142 valence electrons. The number of hydrogen-bond donors (Lipinski definition) is 1. The molecule has 27 heavy (non-hydrogen) atoms. The van der Waals surface area contributed by atoms with Crippen molar-refractivity contribution < 1.29 is 9.53 Å². The average molecular weight is 368 g/mol. The highest BCUT2D eigenvalue weighted by atomic mass is 16.5. The second-order valence-corrected chi connectivity index (χ2v) is 7.44. The van der Waals surface area contributed by atoms with Crippen LogP contribution >= 0.6 is 0 Å². The van der Waals surface area contributed by atoms with E-state index in [9.17, 15) is 4.79 Å². The predicted molar refractivity (Wildman–Crippen MR) is 101 cm³/mol. The largest absolute Gasteiger partial charge is 0.474 e. The van der Waals surface area contributed by atoms with Crippen molar-refractivity contribution in [1.82, 2.24) is 29.9 Å². The molecule has 0 saturated carbocycles. The molecular formula is C19H24N6O2. The van der Waals surface area contributed by atoms with Gasteiger partial charge in [-0.05, 0) is 26.8 Å². The molecule has 4 heterocycles. The van der Waals surface area contributed by atoms with Crippen molar-refractivity contribution in [2.24, 2.45) is 13.0 Å². The normalized spacial score (nSPS) is 18.3. The van der Waals surface area contributed by atoms with Gasteiger partial charge in [-0.2, -0.15) is 10.2 Å². The predicted octanol–water partition coefficient (Wildman–Crippen LogP) is 2.32. The van der Waals surface area contributed by atoms with Gasteiger partial charge in [0.2, 0.25) is 11.8 Å². The van der Waals surface area contributed by atoms with Crippen LogP contribution in [0.5, 0.6) is 5.88 Å². The van der Waals surface area contributed by atoms with Gasteiger partial charge in [0, 0.05) is 49.9 Å². The Morgan fingerprint density at radius 1 is 1.30 bits per heavy atom. The zero-order valence-corrected chi connectivity index (χ0v) is 16.0. The summed E-state index contributed by atoms with van der Waals surface area (Å²) >= 11 is 0. The SMILES string of the molecule is CC(Oc1nc(-c2cnn(C(C)C)c2)cc2nn(C)cc12)[C@H]1CNC(=O)C1. The van der Waals surface area contributed by atoms with Gasteiger partial charge in [-0.1, -0.05) is 0 Å². The number of hydrogen-bond acceptors (Lipinski definition) is 5. The van der Waals surface area contributed by atoms with Gasteiger partial charge in [0.1, 0.15) is 6.10 Å². The minimum atomic E-state index is -0.131. The van der Waals surface area contributed by atoms with Crippen LogP contribution in [0, 0.1) is 5.92 Å². The summed E-state index contributed by atoms with van der Waals surface area (Å²) in [5, 5.41) is 12.6. The van der Waals surface area contributed by atoms with Gasteiger partial charge in [-0.15, -0.1) is 0 Å². The van der Waals surface area contributed by atoms with E-state index >= 15 is 0 Å². The first-order chi connectivity index (χ1) is 12.9. The summed E-state index contributed by atoms with van der Waals surface area (Å²) < 4.78 is 9.86. The van der Waals surface area contributed by atoms with Crippen LogP contribution in [0.1, 0.15) is 33.2 Å². The standard InChI is InChI=1S/C19H24N6O2/c1-11(2)25-9-14(8-21-25)16-6-17-15(10-24(4)23-17)19(22-16)27-12(3)13-5-18(26)20-7-13/h6,8-13H,5,7H2,1-4H3,(H,20,26)/t12?,13-/m1/s1. The molecule has 1 N–H and O–H groups in total. The van der Waals surface area contributed by atoms with Crippen LogP contribution < -0.4 is 10.1 Å². The van der Waals surface area contributed by atoms with E-state index in [2.05, 4.69) is 29.4 Å². The molecular weight excluding hydrogens is 344 g/mol. The van der Waals surface area contributed by atoms with E-state index in [1.807, 2.05) is 43.3 Å². The lowest BCUT2D eigenvalue weighted by atomic mass is 10.0. The number of nitrogens with zero attached hydrogens (tertiary/aromatic N) is 5. The molecule has 3 aromatic rings. The summed E-state index contributed by atoms with van der Waals surface area (Å²) in [5.74, 6) is 0.753. The lowest BCUT2D eigenvalue weighted by molar-refractivity contribution is -0.119. The van der Waals surface area contributed by atoms with Crippen molar-refractivity contribution in [2.75, 3.05) is 6.54 Å². The summed E-state index contributed by atoms with van der Waals surface area (Å²) in [6.07, 6.45) is 6.05. The zero-order chi connectivity index (χ0) is 19.1. The fraction of sp³-hybridized carbons (Fsp3) is 0.474. The van der Waals surface area contributed by atoms with Crippen LogP contribution in [-0.2, 0) is 11.8 Å². The second kappa shape index (κ2) is 6.68. The third-order valence-electron chi connectivity index (χ3n) is 4.98. The number of pyridine rings is 1. The molecule has 1 saturated heterocycles. The van der Waals surface area contributed by atoms with Gasteiger partial charge in [-0.3, -0.25) is 14.2 Å². The number of aryl methyl sites for hydroxylation is 1. The first-order valence-corrected chi connectivity index (χ1v) is 9.23. The third kappa shape index (κ3) is 3.39. The highest BCUT2D eigenvalue weighted by Crippen LogP contribution is 2.30. The van der Waals surface area contributed by atoms with E-state index in [1.165, 1.54) is 0 Å². The molecule has 0 spiro atoms. The summed E-state index contributed by atoms with van der Waals surface area (Å²) in [7, 11) is 1.88. The van der Waals surface area contributed by atoms with Gasteiger partial charge < -0.3 is 10.1 Å². The Morgan fingerprint density at radius 2 is 2.11 bits per heavy atom. The van der Waals surface area contributed by atoms with Gasteiger partial charge >= 0.3 is 0 Å². The van der Waals surface area contributed by atoms with E-state index in [0.29, 0.717) is 18.8 Å². The fourth-order valence-corrected chi connectivity index (χ4v) is 3.33. The Morgan fingerprint density at radius 3 is 2.78 bits per heavy atom. The minimum Gasteiger partial charge on any atom is -0.474 e. The van der Waals surface area contributed by atoms with Crippen LogP contribution in [0.4, 0.5) is 0 Å². The molecule has 8 heteroatoms. The topological polar surface area (TPSA) is 86.9 Å². The molecule has 1 amide bonds. The van der Waals surface area contributed by atoms with Gasteiger partial charge in [-0.25, -0.2) is 4.98 Å². The molecule has 8 nitrogen and oxygen atoms in total. The number of ether oxygens (including phenoxy) is 1. The average Bonchev–Trinajstić information content (AvgIpc) is 3.32. The molecule has 0 radical (unpaired) electrons. The second-order valence-electron chi connectivity index (χ2n) is 7.44. The molecule has 0 aromatic carbocycles. The Kier molecular flexibility index (Phi) is 4.33. The summed E-state index contributed by atoms with van der Waals surface area (Å²) in [4.78, 5) is 16.3. The summed E-state index contributed by atoms with van der Waals surface area (Å²) in [5.41, 5.74) is 2.52. The van der Waals surface area contributed by atoms with Crippen LogP contribution in [0.2, 0.25) is 0 Å². The fourth-order valence-electron chi connectivity index (χ4n) is 3.33. The van der Waals surface area contributed by atoms with E-state index in [1.54, 1.807) is 4.68 Å². The van der Waals surface area contributed by atoms with Gasteiger partial charge in [0.15, 0.2) is 0 Å². The maximum absolute atomic E-state index is 11.5. The van der Waals surface area contributed by atoms with Crippen LogP contribution in [0.3, 0.4) is 0 Å². The smallest absolute Gasteiger partial charge is 0.225 e. The van der Waals surface area contributed by atoms with Crippen molar-refractivity contribution in [2.45, 2.75) is 39.3 Å². The quantitative estimate of drug-likeness (QED) is 0.747. The van der Waals surface area contributed by atoms with Gasteiger partial charge in [0.05, 0.1) is 22.8 Å². The number of amides is 1. The van der Waals surface area contributed by atoms with E-state index in [4.69, 9.17) is 9.72 Å². The first-order valence-electron chi connectivity index (χ1n) is 9.23. The van der Waals surface area contributed by atoms with Crippen molar-refractivity contribution in [3.63, 3.8) is 0 Å². The lowest BCUT2D eigenvalue weighted by Gasteiger charge is -2.19. The number of fused-ring (bicyclic) bond motifs is 1. The van der Waals surface area contributed by atoms with Crippen LogP contribution in [0.25, 0.3) is 22.2 Å². The van der Waals surface area contributed by atoms with Crippen molar-refractivity contribution >= 4 is 16.8 Å². The molecule has 0 aliphatic carbocycles. The Bertz CT molecular complexity index is 989. The highest BCUT2D eigenvalue weighted by molar-refractivity contribution is 5.86. The maximum Gasteiger partial charge on any atom is 0.225 e. The maximum atomic E-state index is 11.5. The molecule has 1 aliphatic heterocycles. The van der Waals surface area contributed by atoms with Crippen LogP contribution in [0.15, 0.2) is 24.7 Å². The monoisotopic (exact) mass is 368 g/mol. The summed E-state index contributed by atoms with van der Waals surface area (Å²) in [6.45, 7) is 6.79. The Hall–Kier alpha value is -2.90. The number of nitrogens with one attached hydrogen (secondary N) is 1. The van der Waals surface area contributed by atoms with Gasteiger partial charge in [0.25, 0.3) is 0 Å². The van der Waals surface area contributed by atoms with Crippen molar-refractivity contribution in [3.05, 3.63) is 24.7 Å². The third-order valence-corrected chi connectivity index (χ3v) is 4.98. The number of aromatic nitrogens is 5. The Balaban J connectivity index is 1.70. The molecule has 1 aliphatic rings. The zero-order valence-electron chi connectivity index (χ0n) is 16.0. The van der Waals surface area contributed by atoms with Crippen molar-refractivity contribution in [3.8, 4) is 17.1 Å². The van der Waals surface area contributed by atoms with Crippen LogP contribution in [-0.4, -0.2) is 43.1 Å². The lowest BCUT2D eigenvalue weighted by Crippen LogP contribution is -2.26. The molecule has 1 unspecified atom stereocenters. The molecule has 3 aromatic heterocycles. The van der Waals surface area contributed by atoms with E-state index in [-0.39, 0.29) is 24.0 Å². The van der Waals surface area contributed by atoms with E-state index < -0.39 is 0 Å². The number of carbonyl (C=O) groups is 1. The number of rotatable bonds is 5. The van der Waals surface area contributed by atoms with Crippen molar-refractivity contribution in [1.29, 1.82) is 0 Å². The summed E-state index contributed by atoms with van der Waals surface area (Å²) in [6, 6.07) is 2.23. The highest BCUT2D eigenvalue weighted by Gasteiger charge is 2.29. The first kappa shape index (κ1) is 17.5. The van der Waals surface area contributed by atoms with E-state index in [0.717, 1.165) is 22.2 Å². The number of carbonyl (C=O) groups excluding carboxylic acids is 1. The molecule has 4 rings (SSSR count). The molecule has 2 atom stereocenters. The molecule has 1 fully saturated rings. The minimum absolute atomic E-state index is 0.0739. The molecule has 0 bridgehead atoms. The Labute approximate surface area is 157 Å².